The lowest BCUT2D eigenvalue weighted by Gasteiger charge is -2.32. The van der Waals surface area contributed by atoms with Crippen LogP contribution in [0.5, 0.6) is 0 Å². The van der Waals surface area contributed by atoms with E-state index >= 15 is 0 Å². The molecule has 2 atom stereocenters. The summed E-state index contributed by atoms with van der Waals surface area (Å²) >= 11 is 3.68. The van der Waals surface area contributed by atoms with Crippen molar-refractivity contribution >= 4 is 15.9 Å². The molecule has 1 heterocycles. The summed E-state index contributed by atoms with van der Waals surface area (Å²) in [6, 6.07) is 0. The van der Waals surface area contributed by atoms with Crippen LogP contribution in [0.15, 0.2) is 0 Å². The maximum atomic E-state index is 6.03. The summed E-state index contributed by atoms with van der Waals surface area (Å²) in [5.41, 5.74) is 0.894. The van der Waals surface area contributed by atoms with Gasteiger partial charge in [0.05, 0.1) is 12.2 Å². The van der Waals surface area contributed by atoms with Crippen LogP contribution in [0.25, 0.3) is 0 Å². The molecule has 0 bridgehead atoms. The van der Waals surface area contributed by atoms with Gasteiger partial charge in [0.2, 0.25) is 0 Å². The number of rotatable bonds is 1. The first kappa shape index (κ1) is 7.81. The third-order valence-electron chi connectivity index (χ3n) is 4.35. The molecular weight excluding hydrogens is 216 g/mol. The van der Waals surface area contributed by atoms with Crippen LogP contribution in [0.2, 0.25) is 0 Å². The monoisotopic (exact) mass is 230 g/mol. The summed E-state index contributed by atoms with van der Waals surface area (Å²) < 4.78 is 6.03. The minimum absolute atomic E-state index is 0.321. The summed E-state index contributed by atoms with van der Waals surface area (Å²) in [6.45, 7) is 1.05. The van der Waals surface area contributed by atoms with E-state index < -0.39 is 0 Å². The zero-order chi connectivity index (χ0) is 8.23. The van der Waals surface area contributed by atoms with E-state index in [1.54, 1.807) is 0 Å². The number of ether oxygens (including phenoxy) is 1. The highest BCUT2D eigenvalue weighted by Gasteiger charge is 2.71. The van der Waals surface area contributed by atoms with Crippen LogP contribution in [0.1, 0.15) is 32.1 Å². The highest BCUT2D eigenvalue weighted by atomic mass is 79.9. The molecule has 2 unspecified atom stereocenters. The summed E-state index contributed by atoms with van der Waals surface area (Å²) in [4.78, 5) is 0. The molecule has 1 spiro atoms. The molecule has 3 fully saturated rings. The average Bonchev–Trinajstić information content (AvgIpc) is 2.51. The van der Waals surface area contributed by atoms with Crippen LogP contribution < -0.4 is 0 Å². The van der Waals surface area contributed by atoms with Gasteiger partial charge in [0.15, 0.2) is 0 Å². The molecular formula is C10H15BrO. The quantitative estimate of drug-likeness (QED) is 0.630. The standard InChI is InChI=1S/C10H15BrO/c11-7-9-5-8(9)6-12-10(9)3-1-2-4-10/h8H,1-7H2. The molecule has 2 saturated carbocycles. The zero-order valence-electron chi connectivity index (χ0n) is 7.31. The van der Waals surface area contributed by atoms with E-state index in [1.807, 2.05) is 0 Å². The van der Waals surface area contributed by atoms with Gasteiger partial charge in [0, 0.05) is 10.7 Å². The molecule has 3 rings (SSSR count). The molecule has 0 radical (unpaired) electrons. The van der Waals surface area contributed by atoms with Gasteiger partial charge < -0.3 is 4.74 Å². The fourth-order valence-electron chi connectivity index (χ4n) is 3.43. The van der Waals surface area contributed by atoms with Crippen molar-refractivity contribution in [1.29, 1.82) is 0 Å². The van der Waals surface area contributed by atoms with E-state index in [0.717, 1.165) is 12.5 Å². The van der Waals surface area contributed by atoms with Crippen LogP contribution in [0.4, 0.5) is 0 Å². The Morgan fingerprint density at radius 1 is 1.33 bits per heavy atom. The summed E-state index contributed by atoms with van der Waals surface area (Å²) in [5.74, 6) is 0.898. The molecule has 68 valence electrons. The predicted octanol–water partition coefficient (Wildman–Crippen LogP) is 2.73. The second-order valence-corrected chi connectivity index (χ2v) is 5.26. The lowest BCUT2D eigenvalue weighted by molar-refractivity contribution is -0.0422. The van der Waals surface area contributed by atoms with Gasteiger partial charge in [-0.3, -0.25) is 0 Å². The molecule has 0 aromatic heterocycles. The van der Waals surface area contributed by atoms with Crippen molar-refractivity contribution in [1.82, 2.24) is 0 Å². The fourth-order valence-corrected chi connectivity index (χ4v) is 4.63. The molecule has 0 amide bonds. The molecule has 2 heteroatoms. The van der Waals surface area contributed by atoms with Crippen molar-refractivity contribution in [2.45, 2.75) is 37.7 Å². The minimum atomic E-state index is 0.321. The molecule has 1 aliphatic heterocycles. The molecule has 2 aliphatic carbocycles. The molecule has 0 aromatic carbocycles. The first-order valence-electron chi connectivity index (χ1n) is 5.03. The largest absolute Gasteiger partial charge is 0.374 e. The number of alkyl halides is 1. The summed E-state index contributed by atoms with van der Waals surface area (Å²) in [5, 5.41) is 1.17. The van der Waals surface area contributed by atoms with Crippen LogP contribution >= 0.6 is 15.9 Å². The van der Waals surface area contributed by atoms with Crippen LogP contribution in [-0.4, -0.2) is 17.5 Å². The molecule has 0 N–H and O–H groups in total. The Bertz CT molecular complexity index is 200. The van der Waals surface area contributed by atoms with E-state index in [2.05, 4.69) is 15.9 Å². The van der Waals surface area contributed by atoms with Crippen molar-refractivity contribution in [3.63, 3.8) is 0 Å². The van der Waals surface area contributed by atoms with Gasteiger partial charge in [-0.25, -0.2) is 0 Å². The second-order valence-electron chi connectivity index (χ2n) is 4.70. The van der Waals surface area contributed by atoms with Gasteiger partial charge in [-0.2, -0.15) is 0 Å². The third-order valence-corrected chi connectivity index (χ3v) is 5.35. The summed E-state index contributed by atoms with van der Waals surface area (Å²) in [6.07, 6.45) is 6.87. The van der Waals surface area contributed by atoms with Crippen molar-refractivity contribution < 1.29 is 4.74 Å². The lowest BCUT2D eigenvalue weighted by atomic mass is 9.84. The van der Waals surface area contributed by atoms with E-state index in [1.165, 1.54) is 37.4 Å². The smallest absolute Gasteiger partial charge is 0.0750 e. The summed E-state index contributed by atoms with van der Waals surface area (Å²) in [7, 11) is 0. The first-order chi connectivity index (χ1) is 5.83. The highest BCUT2D eigenvalue weighted by molar-refractivity contribution is 9.09. The molecule has 1 nitrogen and oxygen atoms in total. The Labute approximate surface area is 82.0 Å². The second kappa shape index (κ2) is 2.27. The highest BCUT2D eigenvalue weighted by Crippen LogP contribution is 2.70. The third kappa shape index (κ3) is 0.701. The first-order valence-corrected chi connectivity index (χ1v) is 6.15. The van der Waals surface area contributed by atoms with E-state index in [4.69, 9.17) is 4.74 Å². The average molecular weight is 231 g/mol. The van der Waals surface area contributed by atoms with Crippen LogP contribution in [0.3, 0.4) is 0 Å². The molecule has 1 saturated heterocycles. The normalized spacial score (nSPS) is 48.2. The molecule has 0 aromatic rings. The van der Waals surface area contributed by atoms with Crippen molar-refractivity contribution in [3.05, 3.63) is 0 Å². The van der Waals surface area contributed by atoms with Crippen molar-refractivity contribution in [2.75, 3.05) is 11.9 Å². The maximum absolute atomic E-state index is 6.03. The Kier molecular flexibility index (Phi) is 1.48. The topological polar surface area (TPSA) is 9.23 Å². The van der Waals surface area contributed by atoms with E-state index in [-0.39, 0.29) is 0 Å². The van der Waals surface area contributed by atoms with Crippen LogP contribution in [0, 0.1) is 11.3 Å². The zero-order valence-corrected chi connectivity index (χ0v) is 8.90. The molecule has 12 heavy (non-hydrogen) atoms. The van der Waals surface area contributed by atoms with Gasteiger partial charge in [-0.15, -0.1) is 0 Å². The van der Waals surface area contributed by atoms with E-state index in [0.29, 0.717) is 11.0 Å². The SMILES string of the molecule is BrCC12CC1COC21CCCC1. The number of fused-ring (bicyclic) bond motifs is 2. The van der Waals surface area contributed by atoms with E-state index in [9.17, 15) is 0 Å². The number of hydrogen-bond acceptors (Lipinski definition) is 1. The van der Waals surface area contributed by atoms with Gasteiger partial charge in [0.1, 0.15) is 0 Å². The Morgan fingerprint density at radius 3 is 2.67 bits per heavy atom. The Hall–Kier alpha value is 0.440. The van der Waals surface area contributed by atoms with Gasteiger partial charge in [0.25, 0.3) is 0 Å². The number of hydrogen-bond donors (Lipinski definition) is 0. The Morgan fingerprint density at radius 2 is 2.08 bits per heavy atom. The fraction of sp³-hybridized carbons (Fsp3) is 1.00. The lowest BCUT2D eigenvalue weighted by Crippen LogP contribution is -2.37. The van der Waals surface area contributed by atoms with Crippen molar-refractivity contribution in [2.24, 2.45) is 11.3 Å². The van der Waals surface area contributed by atoms with Crippen molar-refractivity contribution in [3.8, 4) is 0 Å². The predicted molar refractivity (Wildman–Crippen MR) is 51.5 cm³/mol. The maximum Gasteiger partial charge on any atom is 0.0750 e. The van der Waals surface area contributed by atoms with Gasteiger partial charge in [-0.05, 0) is 25.2 Å². The van der Waals surface area contributed by atoms with Gasteiger partial charge >= 0.3 is 0 Å². The van der Waals surface area contributed by atoms with Gasteiger partial charge in [-0.1, -0.05) is 28.8 Å². The number of halogens is 1. The van der Waals surface area contributed by atoms with Crippen LogP contribution in [-0.2, 0) is 4.74 Å². The Balaban J connectivity index is 1.94. The molecule has 3 aliphatic rings. The minimum Gasteiger partial charge on any atom is -0.374 e.